The van der Waals surface area contributed by atoms with E-state index >= 15 is 0 Å². The van der Waals surface area contributed by atoms with E-state index in [0.29, 0.717) is 11.5 Å². The minimum Gasteiger partial charge on any atom is -0.406 e. The van der Waals surface area contributed by atoms with Crippen LogP contribution < -0.4 is 20.2 Å². The first-order valence-electron chi connectivity index (χ1n) is 10.9. The molecule has 0 amide bonds. The SMILES string of the molecule is CN(C)c1ccc(N(C=S)N/N=C/c2ccc(-c3ncn(-c4ccc(OC(F)(F)F)cc4)n3)cc2)cc1. The molecule has 190 valence electrons. The van der Waals surface area contributed by atoms with Crippen LogP contribution in [0.15, 0.2) is 84.2 Å². The van der Waals surface area contributed by atoms with E-state index in [9.17, 15) is 13.2 Å². The zero-order valence-corrected chi connectivity index (χ0v) is 20.6. The molecule has 0 radical (unpaired) electrons. The zero-order valence-electron chi connectivity index (χ0n) is 19.8. The fraction of sp³-hybridized carbons (Fsp3) is 0.120. The molecular formula is C25H22F3N7OS. The minimum atomic E-state index is -4.74. The smallest absolute Gasteiger partial charge is 0.406 e. The van der Waals surface area contributed by atoms with Crippen molar-refractivity contribution >= 4 is 35.3 Å². The minimum absolute atomic E-state index is 0.306. The molecule has 3 aromatic carbocycles. The van der Waals surface area contributed by atoms with Gasteiger partial charge in [-0.1, -0.05) is 36.5 Å². The van der Waals surface area contributed by atoms with Crippen molar-refractivity contribution in [3.63, 3.8) is 0 Å². The monoisotopic (exact) mass is 525 g/mol. The number of anilines is 2. The Hall–Kier alpha value is -4.45. The van der Waals surface area contributed by atoms with E-state index in [1.165, 1.54) is 40.8 Å². The van der Waals surface area contributed by atoms with Crippen LogP contribution in [-0.4, -0.2) is 46.9 Å². The maximum absolute atomic E-state index is 12.3. The summed E-state index contributed by atoms with van der Waals surface area (Å²) in [6.45, 7) is 0. The van der Waals surface area contributed by atoms with E-state index in [1.807, 2.05) is 67.5 Å². The summed E-state index contributed by atoms with van der Waals surface area (Å²) in [6, 6.07) is 20.6. The molecule has 8 nitrogen and oxygen atoms in total. The number of hydrogen-bond acceptors (Lipinski definition) is 7. The van der Waals surface area contributed by atoms with Gasteiger partial charge in [0.2, 0.25) is 0 Å². The van der Waals surface area contributed by atoms with Gasteiger partial charge in [0.15, 0.2) is 5.82 Å². The summed E-state index contributed by atoms with van der Waals surface area (Å²) in [4.78, 5) is 6.30. The number of rotatable bonds is 9. The molecule has 0 fully saturated rings. The maximum atomic E-state index is 12.3. The van der Waals surface area contributed by atoms with Gasteiger partial charge in [0.1, 0.15) is 12.1 Å². The van der Waals surface area contributed by atoms with Gasteiger partial charge in [-0.15, -0.1) is 18.3 Å². The van der Waals surface area contributed by atoms with Crippen molar-refractivity contribution < 1.29 is 17.9 Å². The number of hydrazine groups is 1. The fourth-order valence-electron chi connectivity index (χ4n) is 3.26. The Bertz CT molecular complexity index is 1350. The Morgan fingerprint density at radius 2 is 1.59 bits per heavy atom. The number of halogens is 3. The van der Waals surface area contributed by atoms with Crippen LogP contribution >= 0.6 is 12.2 Å². The molecule has 0 spiro atoms. The summed E-state index contributed by atoms with van der Waals surface area (Å²) in [5, 5.41) is 10.3. The third-order valence-electron chi connectivity index (χ3n) is 5.12. The summed E-state index contributed by atoms with van der Waals surface area (Å²) in [5.41, 5.74) is 8.42. The third kappa shape index (κ3) is 6.82. The third-order valence-corrected chi connectivity index (χ3v) is 5.34. The van der Waals surface area contributed by atoms with Crippen LogP contribution in [0.2, 0.25) is 0 Å². The highest BCUT2D eigenvalue weighted by Gasteiger charge is 2.31. The van der Waals surface area contributed by atoms with Crippen molar-refractivity contribution in [3.05, 3.63) is 84.7 Å². The second-order valence-electron chi connectivity index (χ2n) is 7.92. The fourth-order valence-corrected chi connectivity index (χ4v) is 3.43. The van der Waals surface area contributed by atoms with Gasteiger partial charge < -0.3 is 9.64 Å². The predicted octanol–water partition coefficient (Wildman–Crippen LogP) is 5.20. The Kier molecular flexibility index (Phi) is 7.68. The van der Waals surface area contributed by atoms with Gasteiger partial charge in [-0.05, 0) is 54.1 Å². The molecule has 12 heteroatoms. The topological polar surface area (TPSA) is 70.8 Å². The molecule has 0 saturated heterocycles. The summed E-state index contributed by atoms with van der Waals surface area (Å²) in [7, 11) is 3.95. The lowest BCUT2D eigenvalue weighted by molar-refractivity contribution is -0.274. The van der Waals surface area contributed by atoms with Gasteiger partial charge in [0, 0.05) is 25.3 Å². The molecule has 1 heterocycles. The number of hydrogen-bond donors (Lipinski definition) is 1. The molecule has 4 aromatic rings. The molecule has 0 aliphatic carbocycles. The van der Waals surface area contributed by atoms with E-state index in [0.717, 1.165) is 22.5 Å². The van der Waals surface area contributed by atoms with Crippen LogP contribution in [0, 0.1) is 0 Å². The van der Waals surface area contributed by atoms with Crippen molar-refractivity contribution in [1.29, 1.82) is 0 Å². The molecule has 1 aromatic heterocycles. The molecule has 0 aliphatic rings. The highest BCUT2D eigenvalue weighted by Crippen LogP contribution is 2.24. The molecular weight excluding hydrogens is 503 g/mol. The number of nitrogens with one attached hydrogen (secondary N) is 1. The Balaban J connectivity index is 1.38. The highest BCUT2D eigenvalue weighted by molar-refractivity contribution is 7.79. The van der Waals surface area contributed by atoms with Gasteiger partial charge >= 0.3 is 6.36 Å². The Labute approximate surface area is 216 Å². The zero-order chi connectivity index (χ0) is 26.4. The van der Waals surface area contributed by atoms with Gasteiger partial charge in [-0.25, -0.2) is 20.2 Å². The van der Waals surface area contributed by atoms with Crippen LogP contribution in [0.4, 0.5) is 24.5 Å². The van der Waals surface area contributed by atoms with Crippen LogP contribution in [0.3, 0.4) is 0 Å². The predicted molar refractivity (Wildman–Crippen MR) is 141 cm³/mol. The number of ether oxygens (including phenoxy) is 1. The summed E-state index contributed by atoms with van der Waals surface area (Å²) in [5.74, 6) is 0.157. The van der Waals surface area contributed by atoms with E-state index < -0.39 is 6.36 Å². The van der Waals surface area contributed by atoms with Crippen LogP contribution in [0.25, 0.3) is 17.1 Å². The summed E-state index contributed by atoms with van der Waals surface area (Å²) >= 11 is 5.09. The molecule has 0 unspecified atom stereocenters. The lowest BCUT2D eigenvalue weighted by Gasteiger charge is -2.19. The Morgan fingerprint density at radius 3 is 2.19 bits per heavy atom. The van der Waals surface area contributed by atoms with Crippen molar-refractivity contribution in [2.45, 2.75) is 6.36 Å². The molecule has 4 rings (SSSR count). The number of aromatic nitrogens is 3. The van der Waals surface area contributed by atoms with Crippen molar-refractivity contribution in [2.24, 2.45) is 5.10 Å². The largest absolute Gasteiger partial charge is 0.573 e. The first kappa shape index (κ1) is 25.6. The Morgan fingerprint density at radius 1 is 0.946 bits per heavy atom. The van der Waals surface area contributed by atoms with Crippen molar-refractivity contribution in [2.75, 3.05) is 24.0 Å². The summed E-state index contributed by atoms with van der Waals surface area (Å²) < 4.78 is 42.4. The lowest BCUT2D eigenvalue weighted by atomic mass is 10.1. The van der Waals surface area contributed by atoms with Gasteiger partial charge in [0.25, 0.3) is 0 Å². The molecule has 1 N–H and O–H groups in total. The second-order valence-corrected chi connectivity index (χ2v) is 8.13. The molecule has 37 heavy (non-hydrogen) atoms. The van der Waals surface area contributed by atoms with Gasteiger partial charge in [-0.3, -0.25) is 0 Å². The maximum Gasteiger partial charge on any atom is 0.573 e. The van der Waals surface area contributed by atoms with E-state index in [4.69, 9.17) is 12.2 Å². The highest BCUT2D eigenvalue weighted by atomic mass is 32.1. The van der Waals surface area contributed by atoms with E-state index in [-0.39, 0.29) is 5.75 Å². The number of nitrogens with zero attached hydrogens (tertiary/aromatic N) is 6. The van der Waals surface area contributed by atoms with Crippen molar-refractivity contribution in [1.82, 2.24) is 20.3 Å². The number of thiocarbonyl (C=S) groups is 1. The van der Waals surface area contributed by atoms with E-state index in [1.54, 1.807) is 11.2 Å². The van der Waals surface area contributed by atoms with Crippen molar-refractivity contribution in [3.8, 4) is 22.8 Å². The summed E-state index contributed by atoms with van der Waals surface area (Å²) in [6.07, 6.45) is -1.60. The van der Waals surface area contributed by atoms with Crippen LogP contribution in [-0.2, 0) is 0 Å². The molecule has 0 saturated carbocycles. The van der Waals surface area contributed by atoms with Gasteiger partial charge in [-0.2, -0.15) is 5.10 Å². The quantitative estimate of drug-likeness (QED) is 0.183. The standard InChI is InChI=1S/C25H22F3N7OS/c1-33(2)20-7-9-22(10-8-20)35(17-37)32-30-15-18-3-5-19(6-4-18)24-29-16-34(31-24)21-11-13-23(14-12-21)36-25(26,27)28/h3-17,32H,1-2H3/b30-15+. The molecule has 0 atom stereocenters. The molecule has 0 bridgehead atoms. The normalized spacial score (nSPS) is 11.4. The number of hydrazone groups is 1. The first-order chi connectivity index (χ1) is 17.7. The number of alkyl halides is 3. The average Bonchev–Trinajstić information content (AvgIpc) is 3.37. The molecule has 0 aliphatic heterocycles. The van der Waals surface area contributed by atoms with Gasteiger partial charge in [0.05, 0.1) is 23.1 Å². The van der Waals surface area contributed by atoms with Crippen LogP contribution in [0.1, 0.15) is 5.56 Å². The average molecular weight is 526 g/mol. The number of benzene rings is 3. The lowest BCUT2D eigenvalue weighted by Crippen LogP contribution is -2.32. The van der Waals surface area contributed by atoms with E-state index in [2.05, 4.69) is 25.5 Å². The first-order valence-corrected chi connectivity index (χ1v) is 11.4. The van der Waals surface area contributed by atoms with Crippen LogP contribution in [0.5, 0.6) is 5.75 Å². The second kappa shape index (κ2) is 11.1.